The molecule has 1 atom stereocenters. The molecule has 0 radical (unpaired) electrons. The summed E-state index contributed by atoms with van der Waals surface area (Å²) in [6.07, 6.45) is 2.88. The van der Waals surface area contributed by atoms with Crippen LogP contribution < -0.4 is 30.2 Å². The standard InChI is InChI=1S/C34H36N4O8/c1-44-27-15-11-22(19-28(27)45-2)6-3-5-21-9-12-23(13-10-21)46-20-30(40)36-18-17-35-25-8-4-7-24-31(25)34(43)38(33(24)42)26-14-16-29(39)37-32(26)41/h4,7-13,15,19,26,35H,3,5-6,14,16-18,20H2,1-2H3,(H,36,40)(H,37,39,41). The van der Waals surface area contributed by atoms with E-state index in [1.165, 1.54) is 11.6 Å². The Morgan fingerprint density at radius 3 is 2.37 bits per heavy atom. The fourth-order valence-electron chi connectivity index (χ4n) is 5.55. The molecule has 1 unspecified atom stereocenters. The summed E-state index contributed by atoms with van der Waals surface area (Å²) in [5.41, 5.74) is 3.10. The summed E-state index contributed by atoms with van der Waals surface area (Å²) < 4.78 is 16.3. The molecule has 1 fully saturated rings. The fourth-order valence-corrected chi connectivity index (χ4v) is 5.55. The second-order valence-electron chi connectivity index (χ2n) is 10.9. The van der Waals surface area contributed by atoms with Crippen LogP contribution in [0.15, 0.2) is 60.7 Å². The third kappa shape index (κ3) is 7.28. The molecule has 0 aromatic heterocycles. The van der Waals surface area contributed by atoms with Crippen LogP contribution in [-0.4, -0.2) is 74.4 Å². The Balaban J connectivity index is 1.03. The van der Waals surface area contributed by atoms with E-state index >= 15 is 0 Å². The minimum atomic E-state index is -1.04. The number of nitrogens with zero attached hydrogens (tertiary/aromatic N) is 1. The number of carbonyl (C=O) groups excluding carboxylic acids is 5. The van der Waals surface area contributed by atoms with Crippen molar-refractivity contribution in [2.24, 2.45) is 0 Å². The number of piperidine rings is 1. The summed E-state index contributed by atoms with van der Waals surface area (Å²) in [6, 6.07) is 17.4. The van der Waals surface area contributed by atoms with Crippen molar-refractivity contribution in [2.45, 2.75) is 38.1 Å². The van der Waals surface area contributed by atoms with Gasteiger partial charge in [-0.1, -0.05) is 24.3 Å². The van der Waals surface area contributed by atoms with Gasteiger partial charge in [-0.3, -0.25) is 34.2 Å². The monoisotopic (exact) mass is 628 g/mol. The first-order valence-corrected chi connectivity index (χ1v) is 15.1. The first kappa shape index (κ1) is 32.0. The second-order valence-corrected chi connectivity index (χ2v) is 10.9. The maximum atomic E-state index is 13.2. The van der Waals surface area contributed by atoms with Crippen molar-refractivity contribution in [3.63, 3.8) is 0 Å². The van der Waals surface area contributed by atoms with E-state index in [0.717, 1.165) is 35.5 Å². The average Bonchev–Trinajstić information content (AvgIpc) is 3.32. The number of hydrogen-bond donors (Lipinski definition) is 3. The van der Waals surface area contributed by atoms with Gasteiger partial charge in [-0.05, 0) is 73.2 Å². The van der Waals surface area contributed by atoms with Gasteiger partial charge in [0.2, 0.25) is 11.8 Å². The number of amides is 5. The van der Waals surface area contributed by atoms with E-state index < -0.39 is 29.7 Å². The van der Waals surface area contributed by atoms with Crippen LogP contribution in [0.5, 0.6) is 17.2 Å². The van der Waals surface area contributed by atoms with Crippen molar-refractivity contribution >= 4 is 35.2 Å². The van der Waals surface area contributed by atoms with Gasteiger partial charge in [0.1, 0.15) is 11.8 Å². The quantitative estimate of drug-likeness (QED) is 0.181. The fraction of sp³-hybridized carbons (Fsp3) is 0.324. The molecular weight excluding hydrogens is 592 g/mol. The Kier molecular flexibility index (Phi) is 10.2. The summed E-state index contributed by atoms with van der Waals surface area (Å²) >= 11 is 0. The highest BCUT2D eigenvalue weighted by molar-refractivity contribution is 6.25. The van der Waals surface area contributed by atoms with E-state index in [1.54, 1.807) is 26.4 Å². The molecule has 0 bridgehead atoms. The van der Waals surface area contributed by atoms with Crippen molar-refractivity contribution < 1.29 is 38.2 Å². The van der Waals surface area contributed by atoms with Crippen LogP contribution in [0.1, 0.15) is 51.1 Å². The zero-order valence-electron chi connectivity index (χ0n) is 25.7. The van der Waals surface area contributed by atoms with Gasteiger partial charge in [-0.15, -0.1) is 0 Å². The lowest BCUT2D eigenvalue weighted by Crippen LogP contribution is -2.54. The number of methoxy groups -OCH3 is 2. The summed E-state index contributed by atoms with van der Waals surface area (Å²) in [5.74, 6) is -0.570. The predicted molar refractivity (Wildman–Crippen MR) is 168 cm³/mol. The third-order valence-corrected chi connectivity index (χ3v) is 7.90. The average molecular weight is 629 g/mol. The Hall–Kier alpha value is -5.39. The molecule has 3 aromatic carbocycles. The summed E-state index contributed by atoms with van der Waals surface area (Å²) in [4.78, 5) is 63.3. The number of nitrogens with one attached hydrogen (secondary N) is 3. The molecule has 2 heterocycles. The number of benzene rings is 3. The van der Waals surface area contributed by atoms with Crippen LogP contribution in [0.2, 0.25) is 0 Å². The Labute approximate surface area is 266 Å². The summed E-state index contributed by atoms with van der Waals surface area (Å²) in [5, 5.41) is 8.04. The molecule has 3 N–H and O–H groups in total. The van der Waals surface area contributed by atoms with Crippen LogP contribution in [0.3, 0.4) is 0 Å². The Morgan fingerprint density at radius 1 is 0.891 bits per heavy atom. The van der Waals surface area contributed by atoms with Gasteiger partial charge in [-0.2, -0.15) is 0 Å². The van der Waals surface area contributed by atoms with E-state index in [9.17, 15) is 24.0 Å². The summed E-state index contributed by atoms with van der Waals surface area (Å²) in [6.45, 7) is 0.358. The number of imide groups is 2. The van der Waals surface area contributed by atoms with Crippen molar-refractivity contribution in [3.8, 4) is 17.2 Å². The Morgan fingerprint density at radius 2 is 1.63 bits per heavy atom. The molecule has 12 nitrogen and oxygen atoms in total. The minimum Gasteiger partial charge on any atom is -0.493 e. The van der Waals surface area contributed by atoms with Crippen molar-refractivity contribution in [3.05, 3.63) is 82.9 Å². The number of carbonyl (C=O) groups is 5. The molecule has 0 aliphatic carbocycles. The lowest BCUT2D eigenvalue weighted by Gasteiger charge is -2.27. The molecule has 5 rings (SSSR count). The van der Waals surface area contributed by atoms with Crippen LogP contribution in [0.25, 0.3) is 0 Å². The van der Waals surface area contributed by atoms with E-state index in [1.807, 2.05) is 42.5 Å². The summed E-state index contributed by atoms with van der Waals surface area (Å²) in [7, 11) is 3.24. The third-order valence-electron chi connectivity index (χ3n) is 7.90. The highest BCUT2D eigenvalue weighted by atomic mass is 16.5. The number of anilines is 1. The first-order valence-electron chi connectivity index (χ1n) is 15.1. The van der Waals surface area contributed by atoms with E-state index in [-0.39, 0.29) is 49.6 Å². The molecule has 3 aromatic rings. The number of rotatable bonds is 14. The topological polar surface area (TPSA) is 152 Å². The second kappa shape index (κ2) is 14.6. The highest BCUT2D eigenvalue weighted by Gasteiger charge is 2.45. The largest absolute Gasteiger partial charge is 0.493 e. The number of ether oxygens (including phenoxy) is 3. The molecule has 2 aliphatic heterocycles. The molecule has 46 heavy (non-hydrogen) atoms. The predicted octanol–water partition coefficient (Wildman–Crippen LogP) is 2.89. The van der Waals surface area contributed by atoms with Crippen molar-refractivity contribution in [2.75, 3.05) is 39.2 Å². The van der Waals surface area contributed by atoms with Gasteiger partial charge < -0.3 is 24.8 Å². The lowest BCUT2D eigenvalue weighted by atomic mass is 10.0. The van der Waals surface area contributed by atoms with Gasteiger partial charge in [0.05, 0.1) is 25.3 Å². The van der Waals surface area contributed by atoms with Crippen LogP contribution in [-0.2, 0) is 27.2 Å². The first-order chi connectivity index (χ1) is 22.3. The zero-order valence-corrected chi connectivity index (χ0v) is 25.7. The molecule has 2 aliphatic rings. The smallest absolute Gasteiger partial charge is 0.264 e. The molecular formula is C34H36N4O8. The lowest BCUT2D eigenvalue weighted by molar-refractivity contribution is -0.136. The molecule has 12 heteroatoms. The van der Waals surface area contributed by atoms with Crippen LogP contribution in [0.4, 0.5) is 5.69 Å². The molecule has 5 amide bonds. The van der Waals surface area contributed by atoms with Gasteiger partial charge in [0, 0.05) is 25.2 Å². The molecule has 240 valence electrons. The zero-order chi connectivity index (χ0) is 32.6. The van der Waals surface area contributed by atoms with E-state index in [2.05, 4.69) is 16.0 Å². The molecule has 1 saturated heterocycles. The van der Waals surface area contributed by atoms with Gasteiger partial charge in [0.25, 0.3) is 17.7 Å². The maximum Gasteiger partial charge on any atom is 0.264 e. The van der Waals surface area contributed by atoms with Crippen LogP contribution in [0, 0.1) is 0 Å². The van der Waals surface area contributed by atoms with Crippen LogP contribution >= 0.6 is 0 Å². The number of aryl methyl sites for hydroxylation is 2. The molecule has 0 saturated carbocycles. The Bertz CT molecular complexity index is 1640. The van der Waals surface area contributed by atoms with E-state index in [4.69, 9.17) is 14.2 Å². The molecule has 0 spiro atoms. The minimum absolute atomic E-state index is 0.0479. The van der Waals surface area contributed by atoms with Gasteiger partial charge >= 0.3 is 0 Å². The van der Waals surface area contributed by atoms with Gasteiger partial charge in [0.15, 0.2) is 18.1 Å². The highest BCUT2D eigenvalue weighted by Crippen LogP contribution is 2.32. The van der Waals surface area contributed by atoms with Gasteiger partial charge in [-0.25, -0.2) is 0 Å². The van der Waals surface area contributed by atoms with E-state index in [0.29, 0.717) is 17.2 Å². The SMILES string of the molecule is COc1ccc(CCCc2ccc(OCC(=O)NCCNc3cccc4c3C(=O)N(C3CCC(=O)NC3=O)C4=O)cc2)cc1OC. The number of fused-ring (bicyclic) bond motifs is 1. The normalized spacial score (nSPS) is 15.7. The number of hydrogen-bond acceptors (Lipinski definition) is 9. The van der Waals surface area contributed by atoms with Crippen molar-refractivity contribution in [1.82, 2.24) is 15.5 Å². The maximum absolute atomic E-state index is 13.2. The van der Waals surface area contributed by atoms with Crippen molar-refractivity contribution in [1.29, 1.82) is 0 Å².